The van der Waals surface area contributed by atoms with Crippen LogP contribution in [0.1, 0.15) is 19.8 Å². The number of likely N-dealkylation sites (N-methyl/N-ethyl adjacent to an activating group) is 1. The number of esters is 1. The summed E-state index contributed by atoms with van der Waals surface area (Å²) in [5, 5.41) is 3.56. The van der Waals surface area contributed by atoms with Gasteiger partial charge in [0, 0.05) is 33.0 Å². The lowest BCUT2D eigenvalue weighted by Crippen LogP contribution is -2.39. The molecule has 0 radical (unpaired) electrons. The maximum atomic E-state index is 13.9. The zero-order valence-corrected chi connectivity index (χ0v) is 14.6. The van der Waals surface area contributed by atoms with Gasteiger partial charge in [-0.25, -0.2) is 22.4 Å². The van der Waals surface area contributed by atoms with E-state index in [1.54, 1.807) is 0 Å². The Morgan fingerprint density at radius 1 is 1.15 bits per heavy atom. The van der Waals surface area contributed by atoms with Gasteiger partial charge in [-0.3, -0.25) is 9.59 Å². The van der Waals surface area contributed by atoms with Gasteiger partial charge in [0.25, 0.3) is 5.91 Å². The summed E-state index contributed by atoms with van der Waals surface area (Å²) in [7, 11) is 2.88. The molecule has 0 bridgehead atoms. The van der Waals surface area contributed by atoms with E-state index in [-0.39, 0.29) is 17.5 Å². The van der Waals surface area contributed by atoms with Gasteiger partial charge < -0.3 is 9.64 Å². The molecular weight excluding hydrogens is 374 g/mol. The molecule has 0 unspecified atom stereocenters. The van der Waals surface area contributed by atoms with E-state index in [1.165, 1.54) is 25.9 Å². The third kappa shape index (κ3) is 4.07. The molecule has 0 fully saturated rings. The fraction of sp³-hybridized carbons (Fsp3) is 0.375. The Morgan fingerprint density at radius 2 is 1.70 bits per heavy atom. The maximum absolute atomic E-state index is 13.9. The van der Waals surface area contributed by atoms with Crippen LogP contribution in [0.2, 0.25) is 0 Å². The summed E-state index contributed by atoms with van der Waals surface area (Å²) in [5.41, 5.74) is -1.81. The van der Waals surface area contributed by atoms with Gasteiger partial charge in [-0.1, -0.05) is 0 Å². The number of hydrazone groups is 1. The van der Waals surface area contributed by atoms with Gasteiger partial charge in [-0.05, 0) is 6.92 Å². The summed E-state index contributed by atoms with van der Waals surface area (Å²) in [6, 6.07) is -0.0178. The van der Waals surface area contributed by atoms with Crippen LogP contribution in [0.25, 0.3) is 0 Å². The number of ether oxygens (including phenoxy) is 1. The Morgan fingerprint density at radius 3 is 2.22 bits per heavy atom. The molecule has 0 aromatic heterocycles. The van der Waals surface area contributed by atoms with Crippen molar-refractivity contribution in [2.24, 2.45) is 5.10 Å². The molecule has 1 aromatic carbocycles. The van der Waals surface area contributed by atoms with Crippen LogP contribution < -0.4 is 5.01 Å². The van der Waals surface area contributed by atoms with E-state index >= 15 is 0 Å². The van der Waals surface area contributed by atoms with Crippen molar-refractivity contribution in [3.8, 4) is 0 Å². The summed E-state index contributed by atoms with van der Waals surface area (Å²) in [4.78, 5) is 37.0. The van der Waals surface area contributed by atoms with Gasteiger partial charge in [-0.15, -0.1) is 0 Å². The first kappa shape index (κ1) is 20.3. The van der Waals surface area contributed by atoms with Crippen molar-refractivity contribution in [3.63, 3.8) is 0 Å². The second-order valence-electron chi connectivity index (χ2n) is 5.85. The molecule has 1 aliphatic heterocycles. The van der Waals surface area contributed by atoms with Crippen LogP contribution in [0.3, 0.4) is 0 Å². The minimum absolute atomic E-state index is 0.0178. The molecule has 1 aliphatic rings. The van der Waals surface area contributed by atoms with Gasteiger partial charge in [0.2, 0.25) is 5.91 Å². The SMILES string of the molecule is C[C@H](OC(=O)C1=NN(c2c(F)c(F)cc(F)c2F)C(=O)CC1)C(=O)N(C)C. The second kappa shape index (κ2) is 7.72. The highest BCUT2D eigenvalue weighted by Crippen LogP contribution is 2.30. The number of carbonyl (C=O) groups is 3. The Bertz CT molecular complexity index is 815. The predicted octanol–water partition coefficient (Wildman–Crippen LogP) is 1.75. The predicted molar refractivity (Wildman–Crippen MR) is 84.7 cm³/mol. The highest BCUT2D eigenvalue weighted by atomic mass is 19.2. The first-order valence-electron chi connectivity index (χ1n) is 7.70. The summed E-state index contributed by atoms with van der Waals surface area (Å²) in [5.74, 6) is -9.75. The van der Waals surface area contributed by atoms with E-state index < -0.39 is 65.0 Å². The van der Waals surface area contributed by atoms with Crippen LogP contribution in [0.15, 0.2) is 11.2 Å². The zero-order valence-electron chi connectivity index (χ0n) is 14.6. The Hall–Kier alpha value is -2.98. The molecule has 7 nitrogen and oxygen atoms in total. The van der Waals surface area contributed by atoms with Crippen molar-refractivity contribution in [3.05, 3.63) is 29.3 Å². The molecule has 0 N–H and O–H groups in total. The summed E-state index contributed by atoms with van der Waals surface area (Å²) < 4.78 is 59.5. The number of hydrogen-bond donors (Lipinski definition) is 0. The third-order valence-corrected chi connectivity index (χ3v) is 3.64. The number of amides is 2. The molecule has 2 rings (SSSR count). The Labute approximate surface area is 151 Å². The molecule has 0 aliphatic carbocycles. The van der Waals surface area contributed by atoms with E-state index in [0.717, 1.165) is 0 Å². The summed E-state index contributed by atoms with van der Waals surface area (Å²) in [6.07, 6.45) is -1.83. The monoisotopic (exact) mass is 389 g/mol. The van der Waals surface area contributed by atoms with E-state index in [1.807, 2.05) is 0 Å². The molecule has 11 heteroatoms. The normalized spacial score (nSPS) is 15.3. The fourth-order valence-electron chi connectivity index (χ4n) is 2.26. The minimum atomic E-state index is -1.84. The number of anilines is 1. The van der Waals surface area contributed by atoms with Crippen LogP contribution in [0, 0.1) is 23.3 Å². The Kier molecular flexibility index (Phi) is 5.82. The van der Waals surface area contributed by atoms with Crippen LogP contribution in [-0.2, 0) is 19.1 Å². The number of rotatable bonds is 4. The average molecular weight is 389 g/mol. The van der Waals surface area contributed by atoms with Gasteiger partial charge >= 0.3 is 5.97 Å². The smallest absolute Gasteiger partial charge is 0.355 e. The van der Waals surface area contributed by atoms with Crippen LogP contribution in [-0.4, -0.2) is 48.6 Å². The van der Waals surface area contributed by atoms with E-state index in [0.29, 0.717) is 0 Å². The summed E-state index contributed by atoms with van der Waals surface area (Å²) in [6.45, 7) is 1.30. The number of halogens is 4. The minimum Gasteiger partial charge on any atom is -0.448 e. The number of nitrogens with zero attached hydrogens (tertiary/aromatic N) is 3. The molecule has 27 heavy (non-hydrogen) atoms. The molecule has 2 amide bonds. The zero-order chi connectivity index (χ0) is 20.5. The van der Waals surface area contributed by atoms with Gasteiger partial charge in [0.1, 0.15) is 11.4 Å². The quantitative estimate of drug-likeness (QED) is 0.447. The van der Waals surface area contributed by atoms with Gasteiger partial charge in [-0.2, -0.15) is 10.1 Å². The molecule has 1 atom stereocenters. The molecule has 0 saturated carbocycles. The number of hydrogen-bond acceptors (Lipinski definition) is 5. The van der Waals surface area contributed by atoms with Crippen molar-refractivity contribution in [1.29, 1.82) is 0 Å². The highest BCUT2D eigenvalue weighted by molar-refractivity contribution is 6.38. The molecular formula is C16H15F4N3O4. The van der Waals surface area contributed by atoms with Crippen molar-refractivity contribution in [2.75, 3.05) is 19.1 Å². The standard InChI is InChI=1S/C16H15F4N3O4/c1-7(15(25)22(2)3)27-16(26)10-4-5-11(24)23(21-10)14-12(19)8(17)6-9(18)13(14)20/h6-7H,4-5H2,1-3H3/t7-/m0/s1. The average Bonchev–Trinajstić information content (AvgIpc) is 2.60. The molecule has 0 saturated heterocycles. The van der Waals surface area contributed by atoms with Crippen molar-refractivity contribution >= 4 is 29.2 Å². The lowest BCUT2D eigenvalue weighted by Gasteiger charge is -2.24. The van der Waals surface area contributed by atoms with Crippen molar-refractivity contribution in [2.45, 2.75) is 25.9 Å². The van der Waals surface area contributed by atoms with Crippen LogP contribution in [0.5, 0.6) is 0 Å². The van der Waals surface area contributed by atoms with Crippen molar-refractivity contribution in [1.82, 2.24) is 4.90 Å². The van der Waals surface area contributed by atoms with E-state index in [4.69, 9.17) is 4.74 Å². The van der Waals surface area contributed by atoms with E-state index in [2.05, 4.69) is 5.10 Å². The molecule has 1 heterocycles. The fourth-order valence-corrected chi connectivity index (χ4v) is 2.26. The first-order valence-corrected chi connectivity index (χ1v) is 7.70. The van der Waals surface area contributed by atoms with Gasteiger partial charge in [0.05, 0.1) is 0 Å². The molecule has 146 valence electrons. The lowest BCUT2D eigenvalue weighted by molar-refractivity contribution is -0.152. The van der Waals surface area contributed by atoms with Crippen LogP contribution in [0.4, 0.5) is 23.2 Å². The number of benzene rings is 1. The van der Waals surface area contributed by atoms with Gasteiger partial charge in [0.15, 0.2) is 29.4 Å². The Balaban J connectivity index is 2.36. The highest BCUT2D eigenvalue weighted by Gasteiger charge is 2.33. The lowest BCUT2D eigenvalue weighted by atomic mass is 10.1. The third-order valence-electron chi connectivity index (χ3n) is 3.64. The van der Waals surface area contributed by atoms with Crippen molar-refractivity contribution < 1.29 is 36.7 Å². The molecule has 0 spiro atoms. The topological polar surface area (TPSA) is 79.3 Å². The molecule has 1 aromatic rings. The second-order valence-corrected chi connectivity index (χ2v) is 5.85. The first-order chi connectivity index (χ1) is 12.5. The number of carbonyl (C=O) groups excluding carboxylic acids is 3. The van der Waals surface area contributed by atoms with E-state index in [9.17, 15) is 31.9 Å². The van der Waals surface area contributed by atoms with Crippen LogP contribution >= 0.6 is 0 Å². The largest absolute Gasteiger partial charge is 0.448 e. The maximum Gasteiger partial charge on any atom is 0.355 e. The summed E-state index contributed by atoms with van der Waals surface area (Å²) >= 11 is 0.